The van der Waals surface area contributed by atoms with Gasteiger partial charge in [-0.25, -0.2) is 4.39 Å². The molecule has 0 saturated heterocycles. The standard InChI is InChI=1S/C21H20FNO4/c22-14-7-5-13(6-8-14)11-16-9-10-18(27-16)19(24)17-12-23(21(26)20(17)25)15-3-1-2-4-15/h5-10,15,25H,1-4,11-12H2. The second-order valence-corrected chi connectivity index (χ2v) is 7.10. The van der Waals surface area contributed by atoms with Crippen LogP contribution >= 0.6 is 0 Å². The fourth-order valence-corrected chi connectivity index (χ4v) is 3.82. The number of Topliss-reactive ketones (excluding diaryl/α,β-unsaturated/α-hetero) is 1. The van der Waals surface area contributed by atoms with Crippen LogP contribution in [0.3, 0.4) is 0 Å². The van der Waals surface area contributed by atoms with Crippen LogP contribution in [0.25, 0.3) is 0 Å². The summed E-state index contributed by atoms with van der Waals surface area (Å²) < 4.78 is 18.6. The predicted octanol–water partition coefficient (Wildman–Crippen LogP) is 3.79. The highest BCUT2D eigenvalue weighted by Crippen LogP contribution is 2.30. The molecule has 1 aliphatic carbocycles. The molecule has 1 N–H and O–H groups in total. The van der Waals surface area contributed by atoms with Crippen molar-refractivity contribution >= 4 is 11.7 Å². The molecule has 1 aliphatic heterocycles. The molecule has 6 heteroatoms. The fourth-order valence-electron chi connectivity index (χ4n) is 3.82. The number of hydrogen-bond donors (Lipinski definition) is 1. The number of benzene rings is 1. The molecule has 1 aromatic heterocycles. The van der Waals surface area contributed by atoms with Gasteiger partial charge in [-0.3, -0.25) is 9.59 Å². The average Bonchev–Trinajstić information content (AvgIpc) is 3.39. The molecule has 4 rings (SSSR count). The zero-order valence-corrected chi connectivity index (χ0v) is 14.8. The van der Waals surface area contributed by atoms with Crippen LogP contribution in [0.5, 0.6) is 0 Å². The number of carbonyl (C=O) groups is 2. The molecule has 27 heavy (non-hydrogen) atoms. The van der Waals surface area contributed by atoms with Crippen molar-refractivity contribution in [3.63, 3.8) is 0 Å². The number of ketones is 1. The van der Waals surface area contributed by atoms with Gasteiger partial charge in [-0.1, -0.05) is 25.0 Å². The van der Waals surface area contributed by atoms with Gasteiger partial charge in [-0.05, 0) is 42.7 Å². The van der Waals surface area contributed by atoms with Crippen LogP contribution in [0, 0.1) is 5.82 Å². The molecule has 140 valence electrons. The molecule has 2 aliphatic rings. The zero-order valence-electron chi connectivity index (χ0n) is 14.8. The minimum atomic E-state index is -0.469. The molecular formula is C21H20FNO4. The quantitative estimate of drug-likeness (QED) is 0.814. The number of nitrogens with zero attached hydrogens (tertiary/aromatic N) is 1. The van der Waals surface area contributed by atoms with E-state index in [1.54, 1.807) is 29.2 Å². The van der Waals surface area contributed by atoms with Crippen molar-refractivity contribution in [2.24, 2.45) is 0 Å². The first kappa shape index (κ1) is 17.5. The molecule has 1 amide bonds. The first-order valence-corrected chi connectivity index (χ1v) is 9.14. The molecular weight excluding hydrogens is 349 g/mol. The van der Waals surface area contributed by atoms with Gasteiger partial charge in [0.25, 0.3) is 5.91 Å². The highest BCUT2D eigenvalue weighted by Gasteiger charge is 2.39. The predicted molar refractivity (Wildman–Crippen MR) is 95.9 cm³/mol. The van der Waals surface area contributed by atoms with Gasteiger partial charge >= 0.3 is 0 Å². The summed E-state index contributed by atoms with van der Waals surface area (Å²) in [6, 6.07) is 9.37. The number of hydrogen-bond acceptors (Lipinski definition) is 4. The van der Waals surface area contributed by atoms with Gasteiger partial charge < -0.3 is 14.4 Å². The summed E-state index contributed by atoms with van der Waals surface area (Å²) in [7, 11) is 0. The van der Waals surface area contributed by atoms with Gasteiger partial charge in [-0.2, -0.15) is 0 Å². The summed E-state index contributed by atoms with van der Waals surface area (Å²) in [6.07, 6.45) is 4.35. The van der Waals surface area contributed by atoms with Crippen LogP contribution in [-0.2, 0) is 11.2 Å². The monoisotopic (exact) mass is 369 g/mol. The normalized spacial score (nSPS) is 18.0. The second-order valence-electron chi connectivity index (χ2n) is 7.10. The van der Waals surface area contributed by atoms with E-state index in [4.69, 9.17) is 4.42 Å². The Labute approximate surface area is 156 Å². The molecule has 2 aromatic rings. The topological polar surface area (TPSA) is 70.8 Å². The van der Waals surface area contributed by atoms with E-state index in [9.17, 15) is 19.1 Å². The van der Waals surface area contributed by atoms with E-state index in [2.05, 4.69) is 0 Å². The molecule has 0 bridgehead atoms. The molecule has 0 radical (unpaired) electrons. The third kappa shape index (κ3) is 3.39. The minimum absolute atomic E-state index is 0.0922. The summed E-state index contributed by atoms with van der Waals surface area (Å²) in [5, 5.41) is 10.2. The Hall–Kier alpha value is -2.89. The third-order valence-corrected chi connectivity index (χ3v) is 5.29. The number of halogens is 1. The number of furan rings is 1. The lowest BCUT2D eigenvalue weighted by molar-refractivity contribution is -0.129. The van der Waals surface area contributed by atoms with Crippen molar-refractivity contribution in [1.29, 1.82) is 0 Å². The minimum Gasteiger partial charge on any atom is -0.503 e. The van der Waals surface area contributed by atoms with Crippen molar-refractivity contribution in [2.75, 3.05) is 6.54 Å². The van der Waals surface area contributed by atoms with Crippen molar-refractivity contribution in [2.45, 2.75) is 38.1 Å². The first-order chi connectivity index (χ1) is 13.0. The molecule has 5 nitrogen and oxygen atoms in total. The number of carbonyl (C=O) groups excluding carboxylic acids is 2. The van der Waals surface area contributed by atoms with E-state index in [-0.39, 0.29) is 29.7 Å². The Bertz CT molecular complexity index is 907. The molecule has 0 unspecified atom stereocenters. The van der Waals surface area contributed by atoms with Crippen LogP contribution in [0.1, 0.15) is 47.6 Å². The summed E-state index contributed by atoms with van der Waals surface area (Å²) in [5.74, 6) is -1.07. The van der Waals surface area contributed by atoms with Crippen LogP contribution < -0.4 is 0 Å². The van der Waals surface area contributed by atoms with Crippen molar-refractivity contribution in [1.82, 2.24) is 4.90 Å². The fraction of sp³-hybridized carbons (Fsp3) is 0.333. The van der Waals surface area contributed by atoms with E-state index in [0.717, 1.165) is 31.2 Å². The molecule has 0 spiro atoms. The highest BCUT2D eigenvalue weighted by atomic mass is 19.1. The Morgan fingerprint density at radius 2 is 1.85 bits per heavy atom. The van der Waals surface area contributed by atoms with Gasteiger partial charge in [0, 0.05) is 12.5 Å². The highest BCUT2D eigenvalue weighted by molar-refractivity contribution is 6.14. The van der Waals surface area contributed by atoms with Gasteiger partial charge in [-0.15, -0.1) is 0 Å². The second kappa shape index (κ2) is 7.02. The Balaban J connectivity index is 1.49. The van der Waals surface area contributed by atoms with Gasteiger partial charge in [0.05, 0.1) is 12.1 Å². The first-order valence-electron chi connectivity index (χ1n) is 9.14. The lowest BCUT2D eigenvalue weighted by Gasteiger charge is -2.23. The SMILES string of the molecule is O=C(C1=C(O)C(=O)N(C2CCCC2)C1)c1ccc(Cc2ccc(F)cc2)o1. The Morgan fingerprint density at radius 1 is 1.15 bits per heavy atom. The molecule has 1 aromatic carbocycles. The average molecular weight is 369 g/mol. The largest absolute Gasteiger partial charge is 0.503 e. The van der Waals surface area contributed by atoms with Crippen LogP contribution in [0.4, 0.5) is 4.39 Å². The number of rotatable bonds is 5. The van der Waals surface area contributed by atoms with Crippen molar-refractivity contribution in [3.8, 4) is 0 Å². The maximum atomic E-state index is 13.0. The number of aliphatic hydroxyl groups excluding tert-OH is 1. The maximum absolute atomic E-state index is 13.0. The van der Waals surface area contributed by atoms with Crippen molar-refractivity contribution < 1.29 is 23.5 Å². The third-order valence-electron chi connectivity index (χ3n) is 5.29. The summed E-state index contributed by atoms with van der Waals surface area (Å²) >= 11 is 0. The van der Waals surface area contributed by atoms with Crippen molar-refractivity contribution in [3.05, 3.63) is 70.6 Å². The Kier molecular flexibility index (Phi) is 4.56. The summed E-state index contributed by atoms with van der Waals surface area (Å²) in [4.78, 5) is 26.6. The van der Waals surface area contributed by atoms with Crippen LogP contribution in [-0.4, -0.2) is 34.3 Å². The molecule has 1 fully saturated rings. The zero-order chi connectivity index (χ0) is 19.0. The van der Waals surface area contributed by atoms with E-state index in [1.807, 2.05) is 0 Å². The van der Waals surface area contributed by atoms with E-state index >= 15 is 0 Å². The van der Waals surface area contributed by atoms with Gasteiger partial charge in [0.15, 0.2) is 11.5 Å². The number of aliphatic hydroxyl groups is 1. The van der Waals surface area contributed by atoms with E-state index in [1.165, 1.54) is 12.1 Å². The molecule has 0 atom stereocenters. The lowest BCUT2D eigenvalue weighted by Crippen LogP contribution is -2.36. The Morgan fingerprint density at radius 3 is 2.56 bits per heavy atom. The van der Waals surface area contributed by atoms with Crippen LogP contribution in [0.2, 0.25) is 0 Å². The van der Waals surface area contributed by atoms with E-state index in [0.29, 0.717) is 12.2 Å². The van der Waals surface area contributed by atoms with Gasteiger partial charge in [0.2, 0.25) is 5.78 Å². The summed E-state index contributed by atoms with van der Waals surface area (Å²) in [6.45, 7) is 0.127. The molecule has 2 heterocycles. The maximum Gasteiger partial charge on any atom is 0.289 e. The number of amides is 1. The van der Waals surface area contributed by atoms with Gasteiger partial charge in [0.1, 0.15) is 11.6 Å². The van der Waals surface area contributed by atoms with E-state index < -0.39 is 17.4 Å². The lowest BCUT2D eigenvalue weighted by atomic mass is 10.1. The van der Waals surface area contributed by atoms with Crippen LogP contribution in [0.15, 0.2) is 52.1 Å². The molecule has 1 saturated carbocycles. The smallest absolute Gasteiger partial charge is 0.289 e. The summed E-state index contributed by atoms with van der Waals surface area (Å²) in [5.41, 5.74) is 0.949.